The molecule has 0 aliphatic carbocycles. The largest absolute Gasteiger partial charge is 0.385 e. The lowest BCUT2D eigenvalue weighted by molar-refractivity contribution is 0.102. The number of halogens is 3. The molecular weight excluding hydrogens is 347 g/mol. The van der Waals surface area contributed by atoms with Gasteiger partial charge < -0.3 is 10.6 Å². The first-order valence-electron chi connectivity index (χ1n) is 5.75. The van der Waals surface area contributed by atoms with E-state index in [1.807, 2.05) is 0 Å². The quantitative estimate of drug-likeness (QED) is 0.847. The van der Waals surface area contributed by atoms with Crippen molar-refractivity contribution in [1.29, 1.82) is 0 Å². The summed E-state index contributed by atoms with van der Waals surface area (Å²) < 4.78 is 14.4. The zero-order chi connectivity index (χ0) is 14.7. The van der Waals surface area contributed by atoms with Crippen LogP contribution in [0.3, 0.4) is 0 Å². The summed E-state index contributed by atoms with van der Waals surface area (Å²) in [4.78, 5) is 12.2. The number of benzene rings is 2. The van der Waals surface area contributed by atoms with E-state index in [4.69, 9.17) is 11.6 Å². The van der Waals surface area contributed by atoms with Crippen molar-refractivity contribution in [2.75, 3.05) is 17.7 Å². The lowest BCUT2D eigenvalue weighted by Crippen LogP contribution is -2.15. The smallest absolute Gasteiger partial charge is 0.257 e. The molecule has 2 aromatic carbocycles. The van der Waals surface area contributed by atoms with Crippen LogP contribution < -0.4 is 10.6 Å². The predicted molar refractivity (Wildman–Crippen MR) is 83.1 cm³/mol. The van der Waals surface area contributed by atoms with E-state index in [1.165, 1.54) is 18.2 Å². The van der Waals surface area contributed by atoms with E-state index in [9.17, 15) is 9.18 Å². The second kappa shape index (κ2) is 6.24. The molecule has 2 rings (SSSR count). The highest BCUT2D eigenvalue weighted by atomic mass is 79.9. The molecule has 1 amide bonds. The number of carbonyl (C=O) groups excluding carboxylic acids is 1. The van der Waals surface area contributed by atoms with Gasteiger partial charge in [-0.15, -0.1) is 0 Å². The molecule has 0 atom stereocenters. The molecule has 6 heteroatoms. The topological polar surface area (TPSA) is 41.1 Å². The highest BCUT2D eigenvalue weighted by Gasteiger charge is 2.15. The molecule has 0 spiro atoms. The maximum absolute atomic E-state index is 13.6. The normalized spacial score (nSPS) is 10.2. The number of amides is 1. The standard InChI is InChI=1S/C14H11BrClFN2O/c1-18-13-9(3-2-4-11(13)17)14(20)19-12-6-5-8(15)7-10(12)16/h2-7,18H,1H3,(H,19,20). The predicted octanol–water partition coefficient (Wildman–Crippen LogP) is 4.54. The first-order valence-corrected chi connectivity index (χ1v) is 6.92. The first-order chi connectivity index (χ1) is 9.52. The fourth-order valence-corrected chi connectivity index (χ4v) is 2.47. The number of para-hydroxylation sites is 1. The van der Waals surface area contributed by atoms with Gasteiger partial charge in [0.25, 0.3) is 5.91 Å². The molecule has 0 radical (unpaired) electrons. The van der Waals surface area contributed by atoms with E-state index in [-0.39, 0.29) is 11.3 Å². The van der Waals surface area contributed by atoms with Crippen LogP contribution in [0.5, 0.6) is 0 Å². The molecule has 2 N–H and O–H groups in total. The number of anilines is 2. The zero-order valence-electron chi connectivity index (χ0n) is 10.5. The molecule has 0 unspecified atom stereocenters. The Labute approximate surface area is 129 Å². The monoisotopic (exact) mass is 356 g/mol. The highest BCUT2D eigenvalue weighted by molar-refractivity contribution is 9.10. The van der Waals surface area contributed by atoms with Crippen molar-refractivity contribution in [3.8, 4) is 0 Å². The molecule has 0 saturated heterocycles. The second-order valence-electron chi connectivity index (χ2n) is 3.99. The van der Waals surface area contributed by atoms with Gasteiger partial charge in [0.05, 0.1) is 22.0 Å². The van der Waals surface area contributed by atoms with Gasteiger partial charge in [0, 0.05) is 11.5 Å². The Morgan fingerprint density at radius 3 is 2.70 bits per heavy atom. The van der Waals surface area contributed by atoms with E-state index in [0.717, 1.165) is 4.47 Å². The van der Waals surface area contributed by atoms with Crippen molar-refractivity contribution in [2.45, 2.75) is 0 Å². The molecule has 104 valence electrons. The Balaban J connectivity index is 2.31. The Morgan fingerprint density at radius 2 is 2.05 bits per heavy atom. The van der Waals surface area contributed by atoms with Crippen LogP contribution >= 0.6 is 27.5 Å². The number of nitrogens with one attached hydrogen (secondary N) is 2. The summed E-state index contributed by atoms with van der Waals surface area (Å²) in [6, 6.07) is 9.40. The minimum Gasteiger partial charge on any atom is -0.385 e. The molecule has 2 aromatic rings. The summed E-state index contributed by atoms with van der Waals surface area (Å²) in [6.07, 6.45) is 0. The van der Waals surface area contributed by atoms with Crippen LogP contribution in [0.2, 0.25) is 5.02 Å². The fourth-order valence-electron chi connectivity index (χ4n) is 1.75. The van der Waals surface area contributed by atoms with Crippen molar-refractivity contribution >= 4 is 44.8 Å². The number of hydrogen-bond donors (Lipinski definition) is 2. The van der Waals surface area contributed by atoms with Crippen molar-refractivity contribution < 1.29 is 9.18 Å². The summed E-state index contributed by atoms with van der Waals surface area (Å²) in [5, 5.41) is 5.73. The minimum atomic E-state index is -0.484. The van der Waals surface area contributed by atoms with Gasteiger partial charge in [-0.2, -0.15) is 0 Å². The summed E-state index contributed by atoms with van der Waals surface area (Å²) in [5.41, 5.74) is 0.830. The van der Waals surface area contributed by atoms with Crippen LogP contribution in [0.4, 0.5) is 15.8 Å². The van der Waals surface area contributed by atoms with Crippen LogP contribution in [-0.4, -0.2) is 13.0 Å². The van der Waals surface area contributed by atoms with Crippen molar-refractivity contribution in [3.05, 3.63) is 57.3 Å². The fraction of sp³-hybridized carbons (Fsp3) is 0.0714. The second-order valence-corrected chi connectivity index (χ2v) is 5.31. The van der Waals surface area contributed by atoms with E-state index in [0.29, 0.717) is 10.7 Å². The molecular formula is C14H11BrClFN2O. The summed E-state index contributed by atoms with van der Waals surface area (Å²) in [6.45, 7) is 0. The summed E-state index contributed by atoms with van der Waals surface area (Å²) in [7, 11) is 1.56. The molecule has 0 aliphatic rings. The number of hydrogen-bond acceptors (Lipinski definition) is 2. The third kappa shape index (κ3) is 3.11. The molecule has 0 bridgehead atoms. The minimum absolute atomic E-state index is 0.151. The van der Waals surface area contributed by atoms with E-state index < -0.39 is 11.7 Å². The van der Waals surface area contributed by atoms with Gasteiger partial charge >= 0.3 is 0 Å². The number of carbonyl (C=O) groups is 1. The van der Waals surface area contributed by atoms with Crippen LogP contribution in [-0.2, 0) is 0 Å². The van der Waals surface area contributed by atoms with Gasteiger partial charge in [0.2, 0.25) is 0 Å². The van der Waals surface area contributed by atoms with Gasteiger partial charge in [-0.25, -0.2) is 4.39 Å². The van der Waals surface area contributed by atoms with Crippen LogP contribution in [0.25, 0.3) is 0 Å². The third-order valence-electron chi connectivity index (χ3n) is 2.69. The molecule has 0 aromatic heterocycles. The molecule has 20 heavy (non-hydrogen) atoms. The van der Waals surface area contributed by atoms with E-state index in [2.05, 4.69) is 26.6 Å². The van der Waals surface area contributed by atoms with Crippen molar-refractivity contribution in [1.82, 2.24) is 0 Å². The van der Waals surface area contributed by atoms with Gasteiger partial charge in [-0.05, 0) is 30.3 Å². The zero-order valence-corrected chi connectivity index (χ0v) is 12.8. The molecule has 0 fully saturated rings. The maximum atomic E-state index is 13.6. The first kappa shape index (κ1) is 14.8. The SMILES string of the molecule is CNc1c(F)cccc1C(=O)Nc1ccc(Br)cc1Cl. The van der Waals surface area contributed by atoms with Gasteiger partial charge in [-0.1, -0.05) is 33.6 Å². The lowest BCUT2D eigenvalue weighted by atomic mass is 10.1. The molecule has 0 heterocycles. The average molecular weight is 358 g/mol. The average Bonchev–Trinajstić information content (AvgIpc) is 2.41. The van der Waals surface area contributed by atoms with Gasteiger partial charge in [0.15, 0.2) is 0 Å². The van der Waals surface area contributed by atoms with E-state index in [1.54, 1.807) is 25.2 Å². The maximum Gasteiger partial charge on any atom is 0.257 e. The van der Waals surface area contributed by atoms with Crippen LogP contribution in [0.1, 0.15) is 10.4 Å². The Hall–Kier alpha value is -1.59. The van der Waals surface area contributed by atoms with Gasteiger partial charge in [0.1, 0.15) is 5.82 Å². The summed E-state index contributed by atoms with van der Waals surface area (Å²) in [5.74, 6) is -0.917. The Bertz CT molecular complexity index is 664. The number of rotatable bonds is 3. The summed E-state index contributed by atoms with van der Waals surface area (Å²) >= 11 is 9.31. The lowest BCUT2D eigenvalue weighted by Gasteiger charge is -2.11. The van der Waals surface area contributed by atoms with Crippen LogP contribution in [0, 0.1) is 5.82 Å². The van der Waals surface area contributed by atoms with Crippen LogP contribution in [0.15, 0.2) is 40.9 Å². The third-order valence-corrected chi connectivity index (χ3v) is 3.49. The Morgan fingerprint density at radius 1 is 1.30 bits per heavy atom. The van der Waals surface area contributed by atoms with Crippen molar-refractivity contribution in [2.24, 2.45) is 0 Å². The van der Waals surface area contributed by atoms with Gasteiger partial charge in [-0.3, -0.25) is 4.79 Å². The molecule has 0 saturated carbocycles. The highest BCUT2D eigenvalue weighted by Crippen LogP contribution is 2.27. The Kier molecular flexibility index (Phi) is 4.62. The van der Waals surface area contributed by atoms with E-state index >= 15 is 0 Å². The molecule has 0 aliphatic heterocycles. The van der Waals surface area contributed by atoms with Crippen molar-refractivity contribution in [3.63, 3.8) is 0 Å². The molecule has 3 nitrogen and oxygen atoms in total.